The number of benzene rings is 1. The maximum Gasteiger partial charge on any atom is 0.291 e. The van der Waals surface area contributed by atoms with Crippen LogP contribution in [0.15, 0.2) is 59.7 Å². The van der Waals surface area contributed by atoms with Crippen LogP contribution in [0.2, 0.25) is 0 Å². The summed E-state index contributed by atoms with van der Waals surface area (Å²) in [6, 6.07) is 10.1. The van der Waals surface area contributed by atoms with Crippen LogP contribution in [0.3, 0.4) is 0 Å². The number of furan rings is 1. The summed E-state index contributed by atoms with van der Waals surface area (Å²) in [4.78, 5) is 27.5. The van der Waals surface area contributed by atoms with E-state index in [4.69, 9.17) is 4.42 Å². The van der Waals surface area contributed by atoms with Crippen LogP contribution in [0.5, 0.6) is 0 Å². The molecule has 2 amide bonds. The van der Waals surface area contributed by atoms with Gasteiger partial charge in [0.05, 0.1) is 12.8 Å². The van der Waals surface area contributed by atoms with Gasteiger partial charge in [-0.2, -0.15) is 5.10 Å². The summed E-state index contributed by atoms with van der Waals surface area (Å²) in [5, 5.41) is 9.42. The van der Waals surface area contributed by atoms with Gasteiger partial charge < -0.3 is 15.1 Å². The molecule has 0 radical (unpaired) electrons. The lowest BCUT2D eigenvalue weighted by Crippen LogP contribution is -2.15. The molecule has 0 saturated carbocycles. The predicted molar refractivity (Wildman–Crippen MR) is 86.4 cm³/mol. The zero-order valence-corrected chi connectivity index (χ0v) is 12.7. The number of nitrogens with zero attached hydrogens (tertiary/aromatic N) is 3. The van der Waals surface area contributed by atoms with Gasteiger partial charge in [0.1, 0.15) is 12.7 Å². The molecule has 24 heavy (non-hydrogen) atoms. The molecule has 0 atom stereocenters. The molecule has 3 rings (SSSR count). The van der Waals surface area contributed by atoms with E-state index in [1.807, 2.05) is 0 Å². The van der Waals surface area contributed by atoms with Crippen molar-refractivity contribution in [1.82, 2.24) is 14.8 Å². The SMILES string of the molecule is O=C(CCn1cncn1)Nc1ccc(NC(=O)c2ccco2)cc1. The molecule has 0 aliphatic carbocycles. The molecule has 8 nitrogen and oxygen atoms in total. The Morgan fingerprint density at radius 1 is 1.08 bits per heavy atom. The highest BCUT2D eigenvalue weighted by molar-refractivity contribution is 6.02. The topological polar surface area (TPSA) is 102 Å². The molecular weight excluding hydrogens is 310 g/mol. The first kappa shape index (κ1) is 15.5. The largest absolute Gasteiger partial charge is 0.459 e. The van der Waals surface area contributed by atoms with Crippen molar-refractivity contribution >= 4 is 23.2 Å². The summed E-state index contributed by atoms with van der Waals surface area (Å²) in [6.45, 7) is 0.461. The summed E-state index contributed by atoms with van der Waals surface area (Å²) in [5.74, 6) is -0.219. The van der Waals surface area contributed by atoms with E-state index in [0.29, 0.717) is 24.3 Å². The van der Waals surface area contributed by atoms with Crippen molar-refractivity contribution in [2.24, 2.45) is 0 Å². The number of aromatic nitrogens is 3. The van der Waals surface area contributed by atoms with Crippen molar-refractivity contribution in [3.63, 3.8) is 0 Å². The van der Waals surface area contributed by atoms with Crippen LogP contribution < -0.4 is 10.6 Å². The average molecular weight is 325 g/mol. The molecule has 2 N–H and O–H groups in total. The minimum absolute atomic E-state index is 0.127. The zero-order chi connectivity index (χ0) is 16.8. The first-order valence-corrected chi connectivity index (χ1v) is 7.28. The van der Waals surface area contributed by atoms with Gasteiger partial charge in [-0.1, -0.05) is 0 Å². The van der Waals surface area contributed by atoms with E-state index in [1.54, 1.807) is 47.4 Å². The summed E-state index contributed by atoms with van der Waals surface area (Å²) in [7, 11) is 0. The quantitative estimate of drug-likeness (QED) is 0.723. The minimum Gasteiger partial charge on any atom is -0.459 e. The van der Waals surface area contributed by atoms with E-state index in [0.717, 1.165) is 0 Å². The molecular formula is C16H15N5O3. The molecule has 3 aromatic rings. The number of aryl methyl sites for hydroxylation is 1. The van der Waals surface area contributed by atoms with Crippen LogP contribution >= 0.6 is 0 Å². The van der Waals surface area contributed by atoms with Gasteiger partial charge in [0.2, 0.25) is 5.91 Å². The van der Waals surface area contributed by atoms with E-state index in [9.17, 15) is 9.59 Å². The van der Waals surface area contributed by atoms with Crippen molar-refractivity contribution in [2.75, 3.05) is 10.6 Å². The van der Waals surface area contributed by atoms with Crippen LogP contribution in [0, 0.1) is 0 Å². The fourth-order valence-corrected chi connectivity index (χ4v) is 2.03. The Bertz CT molecular complexity index is 795. The van der Waals surface area contributed by atoms with Crippen molar-refractivity contribution in [2.45, 2.75) is 13.0 Å². The van der Waals surface area contributed by atoms with Crippen LogP contribution in [0.4, 0.5) is 11.4 Å². The Hall–Kier alpha value is -3.42. The fraction of sp³-hybridized carbons (Fsp3) is 0.125. The number of hydrogen-bond acceptors (Lipinski definition) is 5. The maximum absolute atomic E-state index is 11.9. The molecule has 0 fully saturated rings. The number of carbonyl (C=O) groups is 2. The second kappa shape index (κ2) is 7.23. The summed E-state index contributed by atoms with van der Waals surface area (Å²) in [5.41, 5.74) is 1.26. The third kappa shape index (κ3) is 4.07. The number of rotatable bonds is 6. The summed E-state index contributed by atoms with van der Waals surface area (Å²) in [6.07, 6.45) is 4.71. The Kier molecular flexibility index (Phi) is 4.66. The van der Waals surface area contributed by atoms with Gasteiger partial charge >= 0.3 is 0 Å². The number of anilines is 2. The van der Waals surface area contributed by atoms with Crippen molar-refractivity contribution in [3.8, 4) is 0 Å². The number of amides is 2. The third-order valence-electron chi connectivity index (χ3n) is 3.21. The van der Waals surface area contributed by atoms with Gasteiger partial charge in [0, 0.05) is 17.8 Å². The van der Waals surface area contributed by atoms with Gasteiger partial charge in [-0.25, -0.2) is 4.98 Å². The van der Waals surface area contributed by atoms with E-state index >= 15 is 0 Å². The highest BCUT2D eigenvalue weighted by Crippen LogP contribution is 2.15. The maximum atomic E-state index is 11.9. The number of hydrogen-bond donors (Lipinski definition) is 2. The van der Waals surface area contributed by atoms with E-state index in [2.05, 4.69) is 20.7 Å². The molecule has 0 spiro atoms. The van der Waals surface area contributed by atoms with E-state index in [-0.39, 0.29) is 17.6 Å². The van der Waals surface area contributed by atoms with Crippen LogP contribution in [-0.4, -0.2) is 26.6 Å². The molecule has 8 heteroatoms. The van der Waals surface area contributed by atoms with Crippen LogP contribution in [0.1, 0.15) is 17.0 Å². The third-order valence-corrected chi connectivity index (χ3v) is 3.21. The molecule has 0 bridgehead atoms. The lowest BCUT2D eigenvalue weighted by molar-refractivity contribution is -0.116. The Labute approximate surface area is 137 Å². The summed E-state index contributed by atoms with van der Waals surface area (Å²) < 4.78 is 6.61. The Morgan fingerprint density at radius 3 is 2.46 bits per heavy atom. The smallest absolute Gasteiger partial charge is 0.291 e. The second-order valence-electron chi connectivity index (χ2n) is 4.97. The molecule has 0 saturated heterocycles. The summed E-state index contributed by atoms with van der Waals surface area (Å²) >= 11 is 0. The van der Waals surface area contributed by atoms with Gasteiger partial charge in [0.25, 0.3) is 5.91 Å². The molecule has 0 aliphatic rings. The average Bonchev–Trinajstić information content (AvgIpc) is 3.28. The first-order valence-electron chi connectivity index (χ1n) is 7.28. The van der Waals surface area contributed by atoms with Crippen LogP contribution in [0.25, 0.3) is 0 Å². The molecule has 2 aromatic heterocycles. The van der Waals surface area contributed by atoms with Gasteiger partial charge in [-0.3, -0.25) is 14.3 Å². The molecule has 0 aliphatic heterocycles. The van der Waals surface area contributed by atoms with E-state index in [1.165, 1.54) is 12.6 Å². The molecule has 122 valence electrons. The second-order valence-corrected chi connectivity index (χ2v) is 4.97. The van der Waals surface area contributed by atoms with Gasteiger partial charge in [-0.15, -0.1) is 0 Å². The number of nitrogens with one attached hydrogen (secondary N) is 2. The highest BCUT2D eigenvalue weighted by Gasteiger charge is 2.09. The van der Waals surface area contributed by atoms with Crippen molar-refractivity contribution < 1.29 is 14.0 Å². The molecule has 1 aromatic carbocycles. The Morgan fingerprint density at radius 2 is 1.83 bits per heavy atom. The Balaban J connectivity index is 1.50. The lowest BCUT2D eigenvalue weighted by atomic mass is 10.2. The van der Waals surface area contributed by atoms with E-state index < -0.39 is 0 Å². The first-order chi connectivity index (χ1) is 11.7. The fourth-order valence-electron chi connectivity index (χ4n) is 2.03. The highest BCUT2D eigenvalue weighted by atomic mass is 16.3. The predicted octanol–water partition coefficient (Wildman–Crippen LogP) is 2.15. The number of carbonyl (C=O) groups excluding carboxylic acids is 2. The zero-order valence-electron chi connectivity index (χ0n) is 12.7. The lowest BCUT2D eigenvalue weighted by Gasteiger charge is -2.07. The van der Waals surface area contributed by atoms with Crippen LogP contribution in [-0.2, 0) is 11.3 Å². The molecule has 2 heterocycles. The molecule has 0 unspecified atom stereocenters. The van der Waals surface area contributed by atoms with Crippen molar-refractivity contribution in [1.29, 1.82) is 0 Å². The normalized spacial score (nSPS) is 10.3. The van der Waals surface area contributed by atoms with Crippen molar-refractivity contribution in [3.05, 3.63) is 61.1 Å². The monoisotopic (exact) mass is 325 g/mol. The van der Waals surface area contributed by atoms with Gasteiger partial charge in [-0.05, 0) is 36.4 Å². The van der Waals surface area contributed by atoms with Gasteiger partial charge in [0.15, 0.2) is 5.76 Å². The standard InChI is InChI=1S/C16H15N5O3/c22-15(7-8-21-11-17-10-18-21)19-12-3-5-13(6-4-12)20-16(23)14-2-1-9-24-14/h1-6,9-11H,7-8H2,(H,19,22)(H,20,23). The minimum atomic E-state index is -0.329.